The molecule has 0 aromatic carbocycles. The molecule has 0 aliphatic heterocycles. The molecule has 1 nitrogen and oxygen atoms in total. The molecule has 0 fully saturated rings. The minimum atomic E-state index is 0.183. The first-order chi connectivity index (χ1) is 4.31. The van der Waals surface area contributed by atoms with E-state index >= 15 is 0 Å². The van der Waals surface area contributed by atoms with Crippen LogP contribution in [0.5, 0.6) is 0 Å². The fourth-order valence-corrected chi connectivity index (χ4v) is 1.13. The summed E-state index contributed by atoms with van der Waals surface area (Å²) in [5.41, 5.74) is 0. The van der Waals surface area contributed by atoms with Crippen LogP contribution in [0.4, 0.5) is 0 Å². The Morgan fingerprint density at radius 2 is 2.33 bits per heavy atom. The molecule has 0 spiro atoms. The Morgan fingerprint density at radius 1 is 1.67 bits per heavy atom. The lowest BCUT2D eigenvalue weighted by molar-refractivity contribution is 0.342. The van der Waals surface area contributed by atoms with Gasteiger partial charge in [0.15, 0.2) is 0 Å². The Kier molecular flexibility index (Phi) is 6.86. The quantitative estimate of drug-likeness (QED) is 0.748. The van der Waals surface area contributed by atoms with Crippen LogP contribution in [0.3, 0.4) is 0 Å². The van der Waals surface area contributed by atoms with Crippen LogP contribution >= 0.6 is 22.6 Å². The van der Waals surface area contributed by atoms with E-state index in [-0.39, 0.29) is 6.61 Å². The molecular weight excluding hydrogens is 227 g/mol. The largest absolute Gasteiger partial charge is 0.392 e. The highest BCUT2D eigenvalue weighted by Gasteiger charge is 1.87. The number of aliphatic hydroxyl groups excluding tert-OH is 1. The summed E-state index contributed by atoms with van der Waals surface area (Å²) in [5.74, 6) is 0. The summed E-state index contributed by atoms with van der Waals surface area (Å²) in [6, 6.07) is 0. The molecule has 0 heterocycles. The van der Waals surface area contributed by atoms with Crippen LogP contribution in [0.2, 0.25) is 0 Å². The second-order valence-corrected chi connectivity index (χ2v) is 3.32. The molecule has 0 aliphatic carbocycles. The first-order valence-electron chi connectivity index (χ1n) is 3.26. The van der Waals surface area contributed by atoms with Crippen LogP contribution in [0, 0.1) is 0 Å². The fraction of sp³-hybridized carbons (Fsp3) is 0.714. The third-order valence-electron chi connectivity index (χ3n) is 1.08. The zero-order valence-electron chi connectivity index (χ0n) is 5.73. The lowest BCUT2D eigenvalue weighted by Crippen LogP contribution is -1.77. The van der Waals surface area contributed by atoms with Gasteiger partial charge in [-0.2, -0.15) is 0 Å². The predicted octanol–water partition coefficient (Wildman–Crippen LogP) is 2.49. The van der Waals surface area contributed by atoms with E-state index in [9.17, 15) is 0 Å². The molecule has 0 unspecified atom stereocenters. The number of aliphatic hydroxyl groups is 1. The lowest BCUT2D eigenvalue weighted by atomic mass is 10.2. The lowest BCUT2D eigenvalue weighted by Gasteiger charge is -1.94. The van der Waals surface area contributed by atoms with Gasteiger partial charge in [-0.3, -0.25) is 0 Å². The predicted molar refractivity (Wildman–Crippen MR) is 48.7 cm³/mol. The molecule has 0 saturated heterocycles. The second-order valence-electron chi connectivity index (χ2n) is 1.94. The van der Waals surface area contributed by atoms with E-state index < -0.39 is 0 Å². The van der Waals surface area contributed by atoms with Crippen molar-refractivity contribution in [1.29, 1.82) is 0 Å². The maximum Gasteiger partial charge on any atom is 0.0622 e. The molecule has 0 atom stereocenters. The van der Waals surface area contributed by atoms with E-state index in [0.29, 0.717) is 0 Å². The van der Waals surface area contributed by atoms with Crippen LogP contribution in [-0.2, 0) is 0 Å². The standard InChI is InChI=1S/C7H13IO/c1-2-3-4-7(8)5-6-9/h5,9H,2-4,6H2,1H3/b7-5+. The number of allylic oxidation sites excluding steroid dienone is 1. The average molecular weight is 240 g/mol. The Balaban J connectivity index is 3.25. The van der Waals surface area contributed by atoms with Gasteiger partial charge in [0.1, 0.15) is 0 Å². The van der Waals surface area contributed by atoms with Crippen molar-refractivity contribution in [3.05, 3.63) is 9.66 Å². The number of hydrogen-bond donors (Lipinski definition) is 1. The Labute approximate surface area is 70.3 Å². The van der Waals surface area contributed by atoms with Gasteiger partial charge >= 0.3 is 0 Å². The van der Waals surface area contributed by atoms with Crippen LogP contribution in [0.15, 0.2) is 9.66 Å². The molecule has 1 N–H and O–H groups in total. The maximum atomic E-state index is 8.45. The second kappa shape index (κ2) is 6.55. The van der Waals surface area contributed by atoms with Crippen molar-refractivity contribution in [3.63, 3.8) is 0 Å². The van der Waals surface area contributed by atoms with Crippen LogP contribution in [-0.4, -0.2) is 11.7 Å². The molecule has 0 radical (unpaired) electrons. The van der Waals surface area contributed by atoms with Gasteiger partial charge in [-0.25, -0.2) is 0 Å². The van der Waals surface area contributed by atoms with Gasteiger partial charge in [-0.15, -0.1) is 0 Å². The normalized spacial score (nSPS) is 12.1. The maximum absolute atomic E-state index is 8.45. The van der Waals surface area contributed by atoms with Gasteiger partial charge in [-0.05, 0) is 45.1 Å². The summed E-state index contributed by atoms with van der Waals surface area (Å²) < 4.78 is 1.27. The average Bonchev–Trinajstić information content (AvgIpc) is 1.85. The van der Waals surface area contributed by atoms with Crippen LogP contribution < -0.4 is 0 Å². The molecule has 0 amide bonds. The molecule has 0 aromatic rings. The number of unbranched alkanes of at least 4 members (excludes halogenated alkanes) is 1. The summed E-state index contributed by atoms with van der Waals surface area (Å²) in [5, 5.41) is 8.45. The monoisotopic (exact) mass is 240 g/mol. The topological polar surface area (TPSA) is 20.2 Å². The molecular formula is C7H13IO. The minimum absolute atomic E-state index is 0.183. The van der Waals surface area contributed by atoms with Gasteiger partial charge in [-0.1, -0.05) is 13.3 Å². The van der Waals surface area contributed by atoms with Crippen molar-refractivity contribution >= 4 is 22.6 Å². The van der Waals surface area contributed by atoms with Gasteiger partial charge < -0.3 is 5.11 Å². The highest BCUT2D eigenvalue weighted by Crippen LogP contribution is 2.13. The molecule has 0 rings (SSSR count). The summed E-state index contributed by atoms with van der Waals surface area (Å²) in [6.45, 7) is 2.35. The SMILES string of the molecule is CCCC/C(I)=C\CO. The molecule has 0 saturated carbocycles. The number of rotatable bonds is 4. The Hall–Kier alpha value is 0.430. The van der Waals surface area contributed by atoms with Crippen molar-refractivity contribution in [2.75, 3.05) is 6.61 Å². The van der Waals surface area contributed by atoms with Gasteiger partial charge in [0.25, 0.3) is 0 Å². The molecule has 9 heavy (non-hydrogen) atoms. The highest BCUT2D eigenvalue weighted by atomic mass is 127. The molecule has 0 aromatic heterocycles. The Morgan fingerprint density at radius 3 is 2.78 bits per heavy atom. The first-order valence-corrected chi connectivity index (χ1v) is 4.34. The molecule has 2 heteroatoms. The Bertz CT molecular complexity index is 88.9. The summed E-state index contributed by atoms with van der Waals surface area (Å²) in [6.07, 6.45) is 5.44. The fourth-order valence-electron chi connectivity index (χ4n) is 0.547. The van der Waals surface area contributed by atoms with Crippen molar-refractivity contribution in [3.8, 4) is 0 Å². The van der Waals surface area contributed by atoms with Crippen molar-refractivity contribution in [1.82, 2.24) is 0 Å². The van der Waals surface area contributed by atoms with Gasteiger partial charge in [0.05, 0.1) is 6.61 Å². The van der Waals surface area contributed by atoms with E-state index in [2.05, 4.69) is 29.5 Å². The minimum Gasteiger partial charge on any atom is -0.392 e. The molecule has 0 aliphatic rings. The molecule has 54 valence electrons. The van der Waals surface area contributed by atoms with Crippen molar-refractivity contribution in [2.24, 2.45) is 0 Å². The molecule has 0 bridgehead atoms. The van der Waals surface area contributed by atoms with Crippen LogP contribution in [0.1, 0.15) is 26.2 Å². The smallest absolute Gasteiger partial charge is 0.0622 e. The van der Waals surface area contributed by atoms with Gasteiger partial charge in [0.2, 0.25) is 0 Å². The summed E-state index contributed by atoms with van der Waals surface area (Å²) in [4.78, 5) is 0. The zero-order valence-corrected chi connectivity index (χ0v) is 7.89. The zero-order chi connectivity index (χ0) is 7.11. The third-order valence-corrected chi connectivity index (χ3v) is 2.06. The van der Waals surface area contributed by atoms with Crippen molar-refractivity contribution in [2.45, 2.75) is 26.2 Å². The van der Waals surface area contributed by atoms with Crippen molar-refractivity contribution < 1.29 is 5.11 Å². The van der Waals surface area contributed by atoms with Crippen LogP contribution in [0.25, 0.3) is 0 Å². The highest BCUT2D eigenvalue weighted by molar-refractivity contribution is 14.1. The van der Waals surface area contributed by atoms with E-state index in [0.717, 1.165) is 6.42 Å². The van der Waals surface area contributed by atoms with E-state index in [1.807, 2.05) is 6.08 Å². The summed E-state index contributed by atoms with van der Waals surface area (Å²) >= 11 is 2.27. The van der Waals surface area contributed by atoms with E-state index in [1.165, 1.54) is 16.4 Å². The first kappa shape index (κ1) is 9.43. The number of halogens is 1. The number of hydrogen-bond acceptors (Lipinski definition) is 1. The van der Waals surface area contributed by atoms with E-state index in [1.54, 1.807) is 0 Å². The van der Waals surface area contributed by atoms with Gasteiger partial charge in [0, 0.05) is 0 Å². The summed E-state index contributed by atoms with van der Waals surface area (Å²) in [7, 11) is 0. The third kappa shape index (κ3) is 6.31. The van der Waals surface area contributed by atoms with E-state index in [4.69, 9.17) is 5.11 Å².